The van der Waals surface area contributed by atoms with E-state index in [4.69, 9.17) is 23.8 Å². The summed E-state index contributed by atoms with van der Waals surface area (Å²) in [5, 5.41) is 6.41. The second-order valence-corrected chi connectivity index (χ2v) is 9.46. The van der Waals surface area contributed by atoms with Gasteiger partial charge in [0, 0.05) is 47.5 Å². The number of hydrogen-bond donors (Lipinski definition) is 2. The Balaban J connectivity index is 1.32. The van der Waals surface area contributed by atoms with Crippen LogP contribution >= 0.6 is 39.7 Å². The Hall–Kier alpha value is -2.94. The Morgan fingerprint density at radius 3 is 2.21 bits per heavy atom. The summed E-state index contributed by atoms with van der Waals surface area (Å²) in [6, 6.07) is 21.9. The van der Waals surface area contributed by atoms with E-state index in [-0.39, 0.29) is 16.9 Å². The van der Waals surface area contributed by atoms with Crippen molar-refractivity contribution in [2.75, 3.05) is 36.4 Å². The molecule has 0 saturated carbocycles. The zero-order valence-electron chi connectivity index (χ0n) is 18.1. The highest BCUT2D eigenvalue weighted by atomic mass is 79.9. The highest BCUT2D eigenvalue weighted by Crippen LogP contribution is 2.30. The van der Waals surface area contributed by atoms with Crippen molar-refractivity contribution in [2.24, 2.45) is 0 Å². The van der Waals surface area contributed by atoms with E-state index in [0.29, 0.717) is 48.0 Å². The van der Waals surface area contributed by atoms with Crippen molar-refractivity contribution in [1.29, 1.82) is 0 Å². The van der Waals surface area contributed by atoms with Gasteiger partial charge in [-0.05, 0) is 66.8 Å². The summed E-state index contributed by atoms with van der Waals surface area (Å²) < 4.78 is 0.892. The van der Waals surface area contributed by atoms with E-state index in [1.165, 1.54) is 0 Å². The first kappa shape index (κ1) is 24.2. The highest BCUT2D eigenvalue weighted by molar-refractivity contribution is 9.10. The zero-order valence-corrected chi connectivity index (χ0v) is 21.3. The van der Waals surface area contributed by atoms with Crippen molar-refractivity contribution in [2.45, 2.75) is 0 Å². The van der Waals surface area contributed by atoms with Crippen molar-refractivity contribution in [3.8, 4) is 0 Å². The van der Waals surface area contributed by atoms with Crippen LogP contribution in [0.3, 0.4) is 0 Å². The fourth-order valence-corrected chi connectivity index (χ4v) is 4.47. The number of nitrogens with zero attached hydrogens (tertiary/aromatic N) is 2. The second kappa shape index (κ2) is 11.0. The quantitative estimate of drug-likeness (QED) is 0.432. The van der Waals surface area contributed by atoms with Crippen LogP contribution in [0.15, 0.2) is 77.3 Å². The third-order valence-corrected chi connectivity index (χ3v) is 6.50. The summed E-state index contributed by atoms with van der Waals surface area (Å²) in [5.74, 6) is -0.250. The molecule has 34 heavy (non-hydrogen) atoms. The largest absolute Gasteiger partial charge is 0.367 e. The van der Waals surface area contributed by atoms with Gasteiger partial charge in [-0.3, -0.25) is 14.9 Å². The molecule has 0 spiro atoms. The molecule has 0 bridgehead atoms. The second-order valence-electron chi connectivity index (χ2n) is 7.73. The van der Waals surface area contributed by atoms with Gasteiger partial charge in [0.15, 0.2) is 5.11 Å². The van der Waals surface area contributed by atoms with Gasteiger partial charge in [0.2, 0.25) is 0 Å². The number of piperazine rings is 1. The molecule has 3 aromatic rings. The molecular weight excluding hydrogens is 536 g/mol. The highest BCUT2D eigenvalue weighted by Gasteiger charge is 2.23. The number of carbonyl (C=O) groups is 2. The fraction of sp³-hybridized carbons (Fsp3) is 0.160. The first-order valence-electron chi connectivity index (χ1n) is 10.7. The molecule has 1 saturated heterocycles. The molecule has 3 aromatic carbocycles. The molecule has 6 nitrogen and oxygen atoms in total. The summed E-state index contributed by atoms with van der Waals surface area (Å²) in [6.07, 6.45) is 0. The first-order chi connectivity index (χ1) is 16.4. The molecular formula is C25H22BrClN4O2S. The van der Waals surface area contributed by atoms with Crippen molar-refractivity contribution in [3.63, 3.8) is 0 Å². The molecule has 9 heteroatoms. The predicted octanol–water partition coefficient (Wildman–Crippen LogP) is 5.19. The number of carbonyl (C=O) groups excluding carboxylic acids is 2. The first-order valence-corrected chi connectivity index (χ1v) is 12.3. The number of thiocarbonyl (C=S) groups is 1. The SMILES string of the molecule is O=C(NC(=S)Nc1ccc(N2CCN(C(=O)c3ccccc3)CC2)c(Cl)c1)c1ccc(Br)cc1. The third kappa shape index (κ3) is 5.94. The molecule has 2 amide bonds. The van der Waals surface area contributed by atoms with Gasteiger partial charge in [0.1, 0.15) is 0 Å². The van der Waals surface area contributed by atoms with Crippen molar-refractivity contribution in [1.82, 2.24) is 10.2 Å². The van der Waals surface area contributed by atoms with Crippen LogP contribution in [-0.4, -0.2) is 48.0 Å². The fourth-order valence-electron chi connectivity index (χ4n) is 3.69. The Morgan fingerprint density at radius 2 is 1.56 bits per heavy atom. The van der Waals surface area contributed by atoms with Crippen LogP contribution in [0.2, 0.25) is 5.02 Å². The molecule has 2 N–H and O–H groups in total. The minimum Gasteiger partial charge on any atom is -0.367 e. The molecule has 1 fully saturated rings. The van der Waals surface area contributed by atoms with Crippen LogP contribution in [0, 0.1) is 0 Å². The summed E-state index contributed by atoms with van der Waals surface area (Å²) >= 11 is 15.2. The predicted molar refractivity (Wildman–Crippen MR) is 144 cm³/mol. The smallest absolute Gasteiger partial charge is 0.257 e. The summed E-state index contributed by atoms with van der Waals surface area (Å²) in [5.41, 5.74) is 2.77. The zero-order chi connectivity index (χ0) is 24.1. The van der Waals surface area contributed by atoms with Gasteiger partial charge >= 0.3 is 0 Å². The number of rotatable bonds is 4. The normalized spacial score (nSPS) is 13.4. The van der Waals surface area contributed by atoms with Crippen molar-refractivity contribution < 1.29 is 9.59 Å². The topological polar surface area (TPSA) is 64.7 Å². The van der Waals surface area contributed by atoms with Gasteiger partial charge in [0.05, 0.1) is 10.7 Å². The molecule has 0 aliphatic carbocycles. The number of hydrogen-bond acceptors (Lipinski definition) is 4. The average Bonchev–Trinajstić information content (AvgIpc) is 2.85. The Morgan fingerprint density at radius 1 is 0.882 bits per heavy atom. The van der Waals surface area contributed by atoms with E-state index in [1.54, 1.807) is 30.3 Å². The van der Waals surface area contributed by atoms with E-state index >= 15 is 0 Å². The maximum absolute atomic E-state index is 12.7. The molecule has 1 aliphatic heterocycles. The van der Waals surface area contributed by atoms with Gasteiger partial charge in [-0.1, -0.05) is 45.7 Å². The van der Waals surface area contributed by atoms with Crippen LogP contribution in [0.1, 0.15) is 20.7 Å². The van der Waals surface area contributed by atoms with Crippen LogP contribution in [0.5, 0.6) is 0 Å². The lowest BCUT2D eigenvalue weighted by Crippen LogP contribution is -2.48. The summed E-state index contributed by atoms with van der Waals surface area (Å²) in [6.45, 7) is 2.62. The van der Waals surface area contributed by atoms with Crippen LogP contribution < -0.4 is 15.5 Å². The maximum Gasteiger partial charge on any atom is 0.257 e. The van der Waals surface area contributed by atoms with E-state index < -0.39 is 0 Å². The number of amides is 2. The summed E-state index contributed by atoms with van der Waals surface area (Å²) in [7, 11) is 0. The number of anilines is 2. The molecule has 1 aliphatic rings. The van der Waals surface area contributed by atoms with E-state index in [0.717, 1.165) is 10.2 Å². The van der Waals surface area contributed by atoms with E-state index in [1.807, 2.05) is 47.4 Å². The molecule has 0 aromatic heterocycles. The molecule has 0 unspecified atom stereocenters. The molecule has 0 radical (unpaired) electrons. The van der Waals surface area contributed by atoms with Gasteiger partial charge in [-0.2, -0.15) is 0 Å². The average molecular weight is 558 g/mol. The lowest BCUT2D eigenvalue weighted by molar-refractivity contribution is 0.0746. The minimum atomic E-state index is -0.296. The number of nitrogens with one attached hydrogen (secondary N) is 2. The van der Waals surface area contributed by atoms with Gasteiger partial charge in [0.25, 0.3) is 11.8 Å². The number of benzene rings is 3. The van der Waals surface area contributed by atoms with Gasteiger partial charge in [-0.15, -0.1) is 0 Å². The van der Waals surface area contributed by atoms with Crippen molar-refractivity contribution >= 4 is 68.1 Å². The monoisotopic (exact) mass is 556 g/mol. The van der Waals surface area contributed by atoms with Crippen LogP contribution in [-0.2, 0) is 0 Å². The standard InChI is InChI=1S/C25H22BrClN4O2S/c26-19-8-6-17(7-9-19)23(32)29-25(34)28-20-10-11-22(21(27)16-20)30-12-14-31(15-13-30)24(33)18-4-2-1-3-5-18/h1-11,16H,12-15H2,(H2,28,29,32,34). The Labute approximate surface area is 217 Å². The van der Waals surface area contributed by atoms with Crippen molar-refractivity contribution in [3.05, 3.63) is 93.4 Å². The molecule has 4 rings (SSSR count). The lowest BCUT2D eigenvalue weighted by Gasteiger charge is -2.36. The Kier molecular flexibility index (Phi) is 7.82. The van der Waals surface area contributed by atoms with Crippen LogP contribution in [0.4, 0.5) is 11.4 Å². The van der Waals surface area contributed by atoms with E-state index in [2.05, 4.69) is 31.5 Å². The third-order valence-electron chi connectivity index (χ3n) is 5.47. The molecule has 0 atom stereocenters. The number of halogens is 2. The maximum atomic E-state index is 12.7. The van der Waals surface area contributed by atoms with Crippen LogP contribution in [0.25, 0.3) is 0 Å². The lowest BCUT2D eigenvalue weighted by atomic mass is 10.1. The molecule has 1 heterocycles. The molecule has 174 valence electrons. The Bertz CT molecular complexity index is 1200. The minimum absolute atomic E-state index is 0.0459. The summed E-state index contributed by atoms with van der Waals surface area (Å²) in [4.78, 5) is 29.0. The van der Waals surface area contributed by atoms with Gasteiger partial charge < -0.3 is 15.1 Å². The van der Waals surface area contributed by atoms with E-state index in [9.17, 15) is 9.59 Å². The van der Waals surface area contributed by atoms with Gasteiger partial charge in [-0.25, -0.2) is 0 Å².